The molecule has 1 fully saturated rings. The van der Waals surface area contributed by atoms with Gasteiger partial charge in [-0.3, -0.25) is 4.90 Å². The molecule has 1 aliphatic heterocycles. The van der Waals surface area contributed by atoms with Gasteiger partial charge in [0.15, 0.2) is 0 Å². The molecular formula is C14H17BrF3NO. The lowest BCUT2D eigenvalue weighted by Gasteiger charge is -2.33. The molecule has 0 radical (unpaired) electrons. The van der Waals surface area contributed by atoms with Crippen LogP contribution in [0.15, 0.2) is 28.7 Å². The highest BCUT2D eigenvalue weighted by atomic mass is 79.9. The zero-order valence-corrected chi connectivity index (χ0v) is 12.6. The summed E-state index contributed by atoms with van der Waals surface area (Å²) in [5.74, 6) is -0.457. The smallest absolute Gasteiger partial charge is 0.393 e. The van der Waals surface area contributed by atoms with E-state index in [0.29, 0.717) is 19.6 Å². The van der Waals surface area contributed by atoms with Crippen LogP contribution >= 0.6 is 15.9 Å². The van der Waals surface area contributed by atoms with E-state index in [0.717, 1.165) is 16.8 Å². The number of hydrogen-bond acceptors (Lipinski definition) is 2. The summed E-state index contributed by atoms with van der Waals surface area (Å²) >= 11 is 3.33. The second-order valence-electron chi connectivity index (χ2n) is 4.98. The van der Waals surface area contributed by atoms with Gasteiger partial charge in [0, 0.05) is 17.6 Å². The van der Waals surface area contributed by atoms with E-state index in [9.17, 15) is 13.2 Å². The van der Waals surface area contributed by atoms with Crippen LogP contribution in [-0.2, 0) is 0 Å². The first-order valence-corrected chi connectivity index (χ1v) is 7.42. The molecule has 1 aromatic carbocycles. The quantitative estimate of drug-likeness (QED) is 0.809. The van der Waals surface area contributed by atoms with Crippen molar-refractivity contribution >= 4 is 15.9 Å². The maximum Gasteiger partial charge on any atom is 0.393 e. The predicted octanol–water partition coefficient (Wildman–Crippen LogP) is 4.10. The van der Waals surface area contributed by atoms with E-state index >= 15 is 0 Å². The van der Waals surface area contributed by atoms with E-state index < -0.39 is 12.1 Å². The third kappa shape index (κ3) is 4.66. The minimum Gasteiger partial charge on any atom is -0.492 e. The van der Waals surface area contributed by atoms with Crippen LogP contribution in [0, 0.1) is 5.92 Å². The van der Waals surface area contributed by atoms with Gasteiger partial charge in [-0.1, -0.05) is 15.9 Å². The van der Waals surface area contributed by atoms with Gasteiger partial charge in [-0.2, -0.15) is 13.2 Å². The van der Waals surface area contributed by atoms with Gasteiger partial charge in [-0.05, 0) is 43.7 Å². The van der Waals surface area contributed by atoms with Crippen LogP contribution in [0.3, 0.4) is 0 Å². The molecule has 6 heteroatoms. The molecule has 2 nitrogen and oxygen atoms in total. The van der Waals surface area contributed by atoms with Crippen LogP contribution in [-0.4, -0.2) is 37.3 Å². The molecule has 112 valence electrons. The van der Waals surface area contributed by atoms with Crippen molar-refractivity contribution in [1.82, 2.24) is 4.90 Å². The summed E-state index contributed by atoms with van der Waals surface area (Å²) in [6.45, 7) is 1.75. The standard InChI is InChI=1S/C14H17BrF3NO/c15-12-3-5-13(6-4-12)20-9-8-19-7-1-2-11(10-19)14(16,17)18/h3-6,11H,1-2,7-10H2. The molecule has 0 bridgehead atoms. The zero-order chi connectivity index (χ0) is 14.6. The van der Waals surface area contributed by atoms with E-state index in [1.807, 2.05) is 29.2 Å². The Morgan fingerprint density at radius 1 is 1.25 bits per heavy atom. The fourth-order valence-electron chi connectivity index (χ4n) is 2.35. The van der Waals surface area contributed by atoms with Gasteiger partial charge in [-0.15, -0.1) is 0 Å². The highest BCUT2D eigenvalue weighted by Crippen LogP contribution is 2.32. The van der Waals surface area contributed by atoms with Crippen LogP contribution in [0.2, 0.25) is 0 Å². The molecule has 0 aromatic heterocycles. The highest BCUT2D eigenvalue weighted by Gasteiger charge is 2.41. The van der Waals surface area contributed by atoms with Gasteiger partial charge < -0.3 is 4.74 Å². The Labute approximate surface area is 125 Å². The van der Waals surface area contributed by atoms with Crippen LogP contribution in [0.5, 0.6) is 5.75 Å². The maximum absolute atomic E-state index is 12.7. The largest absolute Gasteiger partial charge is 0.492 e. The highest BCUT2D eigenvalue weighted by molar-refractivity contribution is 9.10. The van der Waals surface area contributed by atoms with Crippen LogP contribution < -0.4 is 4.74 Å². The fraction of sp³-hybridized carbons (Fsp3) is 0.571. The molecule has 1 aliphatic rings. The molecule has 2 rings (SSSR count). The summed E-state index contributed by atoms with van der Waals surface area (Å²) in [4.78, 5) is 1.83. The molecule has 1 unspecified atom stereocenters. The van der Waals surface area contributed by atoms with Crippen molar-refractivity contribution in [2.45, 2.75) is 19.0 Å². The van der Waals surface area contributed by atoms with E-state index in [-0.39, 0.29) is 13.0 Å². The molecular weight excluding hydrogens is 335 g/mol. The Balaban J connectivity index is 1.75. The molecule has 1 heterocycles. The van der Waals surface area contributed by atoms with E-state index in [4.69, 9.17) is 4.74 Å². The van der Waals surface area contributed by atoms with Crippen molar-refractivity contribution in [3.05, 3.63) is 28.7 Å². The van der Waals surface area contributed by atoms with E-state index in [2.05, 4.69) is 15.9 Å². The Morgan fingerprint density at radius 3 is 2.60 bits per heavy atom. The number of benzene rings is 1. The Morgan fingerprint density at radius 2 is 1.95 bits per heavy atom. The van der Waals surface area contributed by atoms with Gasteiger partial charge >= 0.3 is 6.18 Å². The lowest BCUT2D eigenvalue weighted by atomic mass is 9.98. The third-order valence-corrected chi connectivity index (χ3v) is 3.99. The Kier molecular flexibility index (Phi) is 5.32. The Hall–Kier alpha value is -0.750. The Bertz CT molecular complexity index is 421. The second-order valence-corrected chi connectivity index (χ2v) is 5.90. The summed E-state index contributed by atoms with van der Waals surface area (Å²) in [6.07, 6.45) is -3.23. The second kappa shape index (κ2) is 6.80. The molecule has 1 atom stereocenters. The minimum atomic E-state index is -4.08. The molecule has 0 amide bonds. The number of rotatable bonds is 4. The maximum atomic E-state index is 12.7. The van der Waals surface area contributed by atoms with Gasteiger partial charge in [0.05, 0.1) is 5.92 Å². The molecule has 0 N–H and O–H groups in total. The lowest BCUT2D eigenvalue weighted by Crippen LogP contribution is -2.43. The summed E-state index contributed by atoms with van der Waals surface area (Å²) in [5.41, 5.74) is 0. The first-order valence-electron chi connectivity index (χ1n) is 6.62. The topological polar surface area (TPSA) is 12.5 Å². The number of alkyl halides is 3. The number of ether oxygens (including phenoxy) is 1. The summed E-state index contributed by atoms with van der Waals surface area (Å²) in [7, 11) is 0. The predicted molar refractivity (Wildman–Crippen MR) is 74.9 cm³/mol. The minimum absolute atomic E-state index is 0.0905. The zero-order valence-electron chi connectivity index (χ0n) is 11.0. The third-order valence-electron chi connectivity index (χ3n) is 3.46. The number of hydrogen-bond donors (Lipinski definition) is 0. The van der Waals surface area contributed by atoms with Gasteiger partial charge in [0.25, 0.3) is 0 Å². The van der Waals surface area contributed by atoms with Crippen molar-refractivity contribution in [1.29, 1.82) is 0 Å². The summed E-state index contributed by atoms with van der Waals surface area (Å²) in [5, 5.41) is 0. The van der Waals surface area contributed by atoms with Crippen LogP contribution in [0.1, 0.15) is 12.8 Å². The number of halogens is 4. The molecule has 20 heavy (non-hydrogen) atoms. The molecule has 0 aliphatic carbocycles. The number of piperidine rings is 1. The van der Waals surface area contributed by atoms with Gasteiger partial charge in [-0.25, -0.2) is 0 Å². The van der Waals surface area contributed by atoms with Crippen LogP contribution in [0.25, 0.3) is 0 Å². The van der Waals surface area contributed by atoms with Crippen molar-refractivity contribution in [3.8, 4) is 5.75 Å². The van der Waals surface area contributed by atoms with Gasteiger partial charge in [0.1, 0.15) is 12.4 Å². The molecule has 1 aromatic rings. The summed E-state index contributed by atoms with van der Waals surface area (Å²) in [6, 6.07) is 7.41. The number of nitrogens with zero attached hydrogens (tertiary/aromatic N) is 1. The van der Waals surface area contributed by atoms with Crippen molar-refractivity contribution in [3.63, 3.8) is 0 Å². The summed E-state index contributed by atoms with van der Waals surface area (Å²) < 4.78 is 44.5. The SMILES string of the molecule is FC(F)(F)C1CCCN(CCOc2ccc(Br)cc2)C1. The van der Waals surface area contributed by atoms with Crippen LogP contribution in [0.4, 0.5) is 13.2 Å². The first-order chi connectivity index (χ1) is 9.45. The van der Waals surface area contributed by atoms with Crippen molar-refractivity contribution in [2.75, 3.05) is 26.2 Å². The van der Waals surface area contributed by atoms with Crippen molar-refractivity contribution < 1.29 is 17.9 Å². The fourth-order valence-corrected chi connectivity index (χ4v) is 2.61. The lowest BCUT2D eigenvalue weighted by molar-refractivity contribution is -0.186. The number of likely N-dealkylation sites (tertiary alicyclic amines) is 1. The van der Waals surface area contributed by atoms with Crippen molar-refractivity contribution in [2.24, 2.45) is 5.92 Å². The van der Waals surface area contributed by atoms with E-state index in [1.165, 1.54) is 0 Å². The van der Waals surface area contributed by atoms with Gasteiger partial charge in [0.2, 0.25) is 0 Å². The normalized spacial score (nSPS) is 20.9. The molecule has 0 spiro atoms. The monoisotopic (exact) mass is 351 g/mol. The first kappa shape index (κ1) is 15.6. The molecule has 0 saturated carbocycles. The molecule has 1 saturated heterocycles. The van der Waals surface area contributed by atoms with E-state index in [1.54, 1.807) is 0 Å². The average molecular weight is 352 g/mol. The average Bonchev–Trinajstić information content (AvgIpc) is 2.40.